The number of nitrogens with zero attached hydrogens (tertiary/aromatic N) is 2. The van der Waals surface area contributed by atoms with Crippen molar-refractivity contribution in [3.05, 3.63) is 30.0 Å². The summed E-state index contributed by atoms with van der Waals surface area (Å²) < 4.78 is 5.54. The van der Waals surface area contributed by atoms with Gasteiger partial charge >= 0.3 is 0 Å². The number of hydrogen-bond acceptors (Lipinski definition) is 4. The van der Waals surface area contributed by atoms with E-state index in [1.165, 1.54) is 0 Å². The molecule has 3 N–H and O–H groups in total. The Morgan fingerprint density at radius 2 is 2.42 bits per heavy atom. The van der Waals surface area contributed by atoms with Crippen LogP contribution in [0.1, 0.15) is 25.3 Å². The summed E-state index contributed by atoms with van der Waals surface area (Å²) >= 11 is 0. The summed E-state index contributed by atoms with van der Waals surface area (Å²) in [4.78, 5) is 17.4. The highest BCUT2D eigenvalue weighted by Gasteiger charge is 2.31. The fourth-order valence-corrected chi connectivity index (χ4v) is 3.28. The SMILES string of the molecule is CCOc1ccc2[nH]cc(CC(N)C(=O)N3CCC[C@H]3C#N)c2c1. The second kappa shape index (κ2) is 6.93. The quantitative estimate of drug-likeness (QED) is 0.878. The molecule has 3 rings (SSSR count). The molecule has 2 heterocycles. The van der Waals surface area contributed by atoms with E-state index in [9.17, 15) is 4.79 Å². The number of ether oxygens (including phenoxy) is 1. The molecule has 1 unspecified atom stereocenters. The second-order valence-electron chi connectivity index (χ2n) is 6.08. The van der Waals surface area contributed by atoms with Crippen LogP contribution in [0, 0.1) is 11.3 Å². The molecule has 1 aliphatic heterocycles. The second-order valence-corrected chi connectivity index (χ2v) is 6.08. The first-order valence-corrected chi connectivity index (χ1v) is 8.32. The van der Waals surface area contributed by atoms with Gasteiger partial charge in [-0.1, -0.05) is 0 Å². The highest BCUT2D eigenvalue weighted by atomic mass is 16.5. The van der Waals surface area contributed by atoms with Gasteiger partial charge in [-0.15, -0.1) is 0 Å². The molecule has 2 atom stereocenters. The number of nitrogens with two attached hydrogens (primary N) is 1. The molecule has 1 aromatic heterocycles. The van der Waals surface area contributed by atoms with Gasteiger partial charge in [0, 0.05) is 23.6 Å². The number of nitrogens with one attached hydrogen (secondary N) is 1. The van der Waals surface area contributed by atoms with Crippen molar-refractivity contribution in [3.8, 4) is 11.8 Å². The van der Waals surface area contributed by atoms with Crippen molar-refractivity contribution >= 4 is 16.8 Å². The maximum absolute atomic E-state index is 12.6. The molecule has 0 spiro atoms. The minimum Gasteiger partial charge on any atom is -0.494 e. The molecule has 6 nitrogen and oxygen atoms in total. The van der Waals surface area contributed by atoms with Crippen LogP contribution in [-0.2, 0) is 11.2 Å². The Kier molecular flexibility index (Phi) is 4.72. The zero-order chi connectivity index (χ0) is 17.1. The number of carbonyl (C=O) groups excluding carboxylic acids is 1. The van der Waals surface area contributed by atoms with E-state index < -0.39 is 6.04 Å². The van der Waals surface area contributed by atoms with Crippen molar-refractivity contribution in [3.63, 3.8) is 0 Å². The summed E-state index contributed by atoms with van der Waals surface area (Å²) in [6.07, 6.45) is 3.92. The maximum atomic E-state index is 12.6. The Bertz CT molecular complexity index is 777. The van der Waals surface area contributed by atoms with E-state index in [2.05, 4.69) is 11.1 Å². The number of hydrogen-bond donors (Lipinski definition) is 2. The summed E-state index contributed by atoms with van der Waals surface area (Å²) in [5.41, 5.74) is 8.12. The highest BCUT2D eigenvalue weighted by molar-refractivity contribution is 5.87. The van der Waals surface area contributed by atoms with E-state index >= 15 is 0 Å². The maximum Gasteiger partial charge on any atom is 0.240 e. The van der Waals surface area contributed by atoms with Crippen LogP contribution in [0.15, 0.2) is 24.4 Å². The van der Waals surface area contributed by atoms with Gasteiger partial charge < -0.3 is 20.4 Å². The number of rotatable bonds is 5. The Labute approximate surface area is 141 Å². The molecule has 0 saturated carbocycles. The predicted molar refractivity (Wildman–Crippen MR) is 91.5 cm³/mol. The molecule has 1 amide bonds. The Hall–Kier alpha value is -2.52. The number of amides is 1. The number of H-pyrrole nitrogens is 1. The third kappa shape index (κ3) is 3.08. The number of benzene rings is 1. The fraction of sp³-hybridized carbons (Fsp3) is 0.444. The van der Waals surface area contributed by atoms with E-state index in [1.54, 1.807) is 4.90 Å². The summed E-state index contributed by atoms with van der Waals surface area (Å²) in [6, 6.07) is 7.05. The molecule has 24 heavy (non-hydrogen) atoms. The van der Waals surface area contributed by atoms with E-state index in [-0.39, 0.29) is 11.9 Å². The van der Waals surface area contributed by atoms with E-state index in [0.29, 0.717) is 19.6 Å². The van der Waals surface area contributed by atoms with Gasteiger partial charge in [0.05, 0.1) is 18.7 Å². The average molecular weight is 326 g/mol. The van der Waals surface area contributed by atoms with Crippen LogP contribution in [0.25, 0.3) is 10.9 Å². The normalized spacial score (nSPS) is 18.5. The molecule has 0 bridgehead atoms. The molecule has 0 radical (unpaired) electrons. The van der Waals surface area contributed by atoms with Crippen molar-refractivity contribution in [2.75, 3.05) is 13.2 Å². The fourth-order valence-electron chi connectivity index (χ4n) is 3.28. The molecule has 0 aliphatic carbocycles. The largest absolute Gasteiger partial charge is 0.494 e. The molecule has 1 aromatic carbocycles. The summed E-state index contributed by atoms with van der Waals surface area (Å²) in [6.45, 7) is 3.17. The number of carbonyl (C=O) groups is 1. The van der Waals surface area contributed by atoms with Gasteiger partial charge in [-0.05, 0) is 49.9 Å². The Balaban J connectivity index is 1.77. The monoisotopic (exact) mass is 326 g/mol. The zero-order valence-corrected chi connectivity index (χ0v) is 13.8. The summed E-state index contributed by atoms with van der Waals surface area (Å²) in [5.74, 6) is 0.657. The van der Waals surface area contributed by atoms with Gasteiger partial charge in [0.25, 0.3) is 0 Å². The lowest BCUT2D eigenvalue weighted by atomic mass is 10.0. The topological polar surface area (TPSA) is 95.1 Å². The van der Waals surface area contributed by atoms with E-state index in [4.69, 9.17) is 15.7 Å². The first kappa shape index (κ1) is 16.3. The first-order chi connectivity index (χ1) is 11.6. The van der Waals surface area contributed by atoms with Crippen LogP contribution in [-0.4, -0.2) is 41.0 Å². The van der Waals surface area contributed by atoms with Crippen LogP contribution in [0.5, 0.6) is 5.75 Å². The van der Waals surface area contributed by atoms with Gasteiger partial charge in [0.15, 0.2) is 0 Å². The van der Waals surface area contributed by atoms with Crippen molar-refractivity contribution in [1.29, 1.82) is 5.26 Å². The number of nitriles is 1. The summed E-state index contributed by atoms with van der Waals surface area (Å²) in [7, 11) is 0. The standard InChI is InChI=1S/C18H22N4O2/c1-2-24-14-5-6-17-15(9-14)12(11-21-17)8-16(20)18(23)22-7-3-4-13(22)10-19/h5-6,9,11,13,16,21H,2-4,7-8,20H2,1H3/t13-,16?/m0/s1. The minimum absolute atomic E-state index is 0.144. The van der Waals surface area contributed by atoms with E-state index in [0.717, 1.165) is 35.1 Å². The lowest BCUT2D eigenvalue weighted by Crippen LogP contribution is -2.46. The first-order valence-electron chi connectivity index (χ1n) is 8.32. The molecular formula is C18H22N4O2. The molecule has 1 aliphatic rings. The molecule has 1 fully saturated rings. The molecular weight excluding hydrogens is 304 g/mol. The van der Waals surface area contributed by atoms with Gasteiger partial charge in [-0.2, -0.15) is 5.26 Å². The van der Waals surface area contributed by atoms with Crippen LogP contribution in [0.4, 0.5) is 0 Å². The van der Waals surface area contributed by atoms with Crippen LogP contribution in [0.2, 0.25) is 0 Å². The lowest BCUT2D eigenvalue weighted by molar-refractivity contribution is -0.132. The number of fused-ring (bicyclic) bond motifs is 1. The van der Waals surface area contributed by atoms with Crippen LogP contribution >= 0.6 is 0 Å². The number of aromatic nitrogens is 1. The third-order valence-corrected chi connectivity index (χ3v) is 4.49. The van der Waals surface area contributed by atoms with Gasteiger partial charge in [0.2, 0.25) is 5.91 Å². The molecule has 6 heteroatoms. The van der Waals surface area contributed by atoms with Gasteiger partial charge in [-0.3, -0.25) is 4.79 Å². The van der Waals surface area contributed by atoms with E-state index in [1.807, 2.05) is 31.3 Å². The zero-order valence-electron chi connectivity index (χ0n) is 13.8. The smallest absolute Gasteiger partial charge is 0.240 e. The van der Waals surface area contributed by atoms with Gasteiger partial charge in [-0.25, -0.2) is 0 Å². The lowest BCUT2D eigenvalue weighted by Gasteiger charge is -2.23. The average Bonchev–Trinajstić information content (AvgIpc) is 3.21. The van der Waals surface area contributed by atoms with Crippen molar-refractivity contribution in [2.45, 2.75) is 38.3 Å². The van der Waals surface area contributed by atoms with Crippen molar-refractivity contribution < 1.29 is 9.53 Å². The molecule has 126 valence electrons. The minimum atomic E-state index is -0.645. The number of aromatic amines is 1. The van der Waals surface area contributed by atoms with Gasteiger partial charge in [0.1, 0.15) is 11.8 Å². The number of likely N-dealkylation sites (tertiary alicyclic amines) is 1. The summed E-state index contributed by atoms with van der Waals surface area (Å²) in [5, 5.41) is 10.2. The highest BCUT2D eigenvalue weighted by Crippen LogP contribution is 2.25. The Morgan fingerprint density at radius 3 is 3.17 bits per heavy atom. The van der Waals surface area contributed by atoms with Crippen LogP contribution < -0.4 is 10.5 Å². The van der Waals surface area contributed by atoms with Crippen molar-refractivity contribution in [1.82, 2.24) is 9.88 Å². The van der Waals surface area contributed by atoms with Crippen molar-refractivity contribution in [2.24, 2.45) is 5.73 Å². The predicted octanol–water partition coefficient (Wildman–Crippen LogP) is 1.95. The molecule has 2 aromatic rings. The van der Waals surface area contributed by atoms with Crippen LogP contribution in [0.3, 0.4) is 0 Å². The third-order valence-electron chi connectivity index (χ3n) is 4.49. The molecule has 1 saturated heterocycles. The Morgan fingerprint density at radius 1 is 1.58 bits per heavy atom.